The number of fused-ring (bicyclic) bond motifs is 1. The SMILES string of the molecule is CC1(C)C2CNCC2CN1C1CCC2(CC1)OCCO2. The van der Waals surface area contributed by atoms with E-state index in [1.54, 1.807) is 0 Å². The second-order valence-corrected chi connectivity index (χ2v) is 7.67. The molecular formula is C16H28N2O2. The Kier molecular flexibility index (Phi) is 3.15. The first-order valence-electron chi connectivity index (χ1n) is 8.36. The summed E-state index contributed by atoms with van der Waals surface area (Å²) < 4.78 is 11.7. The highest BCUT2D eigenvalue weighted by Gasteiger charge is 2.53. The third-order valence-electron chi connectivity index (χ3n) is 6.39. The van der Waals surface area contributed by atoms with Gasteiger partial charge in [0.2, 0.25) is 0 Å². The Morgan fingerprint density at radius 2 is 1.75 bits per heavy atom. The van der Waals surface area contributed by atoms with Gasteiger partial charge in [0.25, 0.3) is 0 Å². The van der Waals surface area contributed by atoms with E-state index in [1.165, 1.54) is 32.5 Å². The van der Waals surface area contributed by atoms with Crippen molar-refractivity contribution in [2.45, 2.75) is 56.9 Å². The summed E-state index contributed by atoms with van der Waals surface area (Å²) in [6, 6.07) is 0.731. The van der Waals surface area contributed by atoms with Crippen LogP contribution in [0.1, 0.15) is 39.5 Å². The van der Waals surface area contributed by atoms with Crippen LogP contribution in [0.15, 0.2) is 0 Å². The molecule has 3 saturated heterocycles. The molecule has 1 N–H and O–H groups in total. The first-order valence-corrected chi connectivity index (χ1v) is 8.36. The molecule has 0 aromatic carbocycles. The van der Waals surface area contributed by atoms with Gasteiger partial charge in [-0.1, -0.05) is 0 Å². The quantitative estimate of drug-likeness (QED) is 0.791. The van der Waals surface area contributed by atoms with Crippen molar-refractivity contribution in [1.29, 1.82) is 0 Å². The second kappa shape index (κ2) is 4.67. The molecule has 20 heavy (non-hydrogen) atoms. The molecule has 2 unspecified atom stereocenters. The lowest BCUT2D eigenvalue weighted by Gasteiger charge is -2.45. The molecule has 4 rings (SSSR count). The van der Waals surface area contributed by atoms with Crippen LogP contribution in [0.3, 0.4) is 0 Å². The molecule has 1 saturated carbocycles. The van der Waals surface area contributed by atoms with Crippen LogP contribution in [0.5, 0.6) is 0 Å². The average Bonchev–Trinajstić information content (AvgIpc) is 3.11. The molecule has 1 aliphatic carbocycles. The number of hydrogen-bond donors (Lipinski definition) is 1. The van der Waals surface area contributed by atoms with E-state index in [-0.39, 0.29) is 5.79 Å². The summed E-state index contributed by atoms with van der Waals surface area (Å²) in [5.74, 6) is 1.48. The number of nitrogens with one attached hydrogen (secondary N) is 1. The molecule has 0 amide bonds. The summed E-state index contributed by atoms with van der Waals surface area (Å²) in [6.45, 7) is 10.2. The van der Waals surface area contributed by atoms with Crippen molar-refractivity contribution in [1.82, 2.24) is 10.2 Å². The van der Waals surface area contributed by atoms with Crippen molar-refractivity contribution in [3.05, 3.63) is 0 Å². The van der Waals surface area contributed by atoms with E-state index in [4.69, 9.17) is 9.47 Å². The van der Waals surface area contributed by atoms with E-state index in [2.05, 4.69) is 24.1 Å². The molecule has 4 aliphatic rings. The standard InChI is InChI=1S/C16H28N2O2/c1-15(2)14-10-17-9-12(14)11-18(15)13-3-5-16(6-4-13)19-7-8-20-16/h12-14,17H,3-11H2,1-2H3. The van der Waals surface area contributed by atoms with Gasteiger partial charge in [0.1, 0.15) is 0 Å². The molecule has 4 nitrogen and oxygen atoms in total. The van der Waals surface area contributed by atoms with Crippen molar-refractivity contribution in [2.24, 2.45) is 11.8 Å². The Balaban J connectivity index is 1.44. The average molecular weight is 280 g/mol. The van der Waals surface area contributed by atoms with Gasteiger partial charge < -0.3 is 14.8 Å². The van der Waals surface area contributed by atoms with Crippen LogP contribution in [0.25, 0.3) is 0 Å². The Morgan fingerprint density at radius 3 is 2.40 bits per heavy atom. The number of nitrogens with zero attached hydrogens (tertiary/aromatic N) is 1. The summed E-state index contributed by atoms with van der Waals surface area (Å²) in [4.78, 5) is 2.81. The van der Waals surface area contributed by atoms with Gasteiger partial charge in [0, 0.05) is 37.5 Å². The third-order valence-corrected chi connectivity index (χ3v) is 6.39. The summed E-state index contributed by atoms with van der Waals surface area (Å²) in [5.41, 5.74) is 0.348. The monoisotopic (exact) mass is 280 g/mol. The maximum absolute atomic E-state index is 5.87. The molecule has 114 valence electrons. The zero-order chi connectivity index (χ0) is 13.8. The van der Waals surface area contributed by atoms with Crippen LogP contribution in [0.4, 0.5) is 0 Å². The Hall–Kier alpha value is -0.160. The van der Waals surface area contributed by atoms with Crippen LogP contribution in [0, 0.1) is 11.8 Å². The molecule has 1 spiro atoms. The van der Waals surface area contributed by atoms with Gasteiger partial charge in [-0.25, -0.2) is 0 Å². The molecule has 3 heterocycles. The smallest absolute Gasteiger partial charge is 0.168 e. The first kappa shape index (κ1) is 13.5. The normalized spacial score (nSPS) is 40.5. The lowest BCUT2D eigenvalue weighted by atomic mass is 9.82. The van der Waals surface area contributed by atoms with Gasteiger partial charge in [-0.3, -0.25) is 4.90 Å². The van der Waals surface area contributed by atoms with Crippen molar-refractivity contribution in [2.75, 3.05) is 32.8 Å². The largest absolute Gasteiger partial charge is 0.348 e. The minimum Gasteiger partial charge on any atom is -0.348 e. The molecule has 0 aromatic rings. The minimum atomic E-state index is -0.211. The molecule has 3 aliphatic heterocycles. The fraction of sp³-hybridized carbons (Fsp3) is 1.00. The van der Waals surface area contributed by atoms with Gasteiger partial charge >= 0.3 is 0 Å². The van der Waals surface area contributed by atoms with Gasteiger partial charge in [-0.15, -0.1) is 0 Å². The van der Waals surface area contributed by atoms with Crippen LogP contribution in [-0.2, 0) is 9.47 Å². The number of ether oxygens (including phenoxy) is 2. The van der Waals surface area contributed by atoms with Crippen LogP contribution < -0.4 is 5.32 Å². The fourth-order valence-electron chi connectivity index (χ4n) is 5.21. The summed E-state index contributed by atoms with van der Waals surface area (Å²) in [6.07, 6.45) is 4.63. The lowest BCUT2D eigenvalue weighted by molar-refractivity contribution is -0.185. The fourth-order valence-corrected chi connectivity index (χ4v) is 5.21. The number of rotatable bonds is 1. The van der Waals surface area contributed by atoms with Crippen LogP contribution >= 0.6 is 0 Å². The van der Waals surface area contributed by atoms with Gasteiger partial charge in [-0.2, -0.15) is 0 Å². The third kappa shape index (κ3) is 1.96. The van der Waals surface area contributed by atoms with Gasteiger partial charge in [0.05, 0.1) is 13.2 Å². The predicted octanol–water partition coefficient (Wildman–Crippen LogP) is 1.60. The summed E-state index contributed by atoms with van der Waals surface area (Å²) in [7, 11) is 0. The highest BCUT2D eigenvalue weighted by Crippen LogP contribution is 2.46. The highest BCUT2D eigenvalue weighted by molar-refractivity contribution is 5.07. The predicted molar refractivity (Wildman–Crippen MR) is 77.5 cm³/mol. The second-order valence-electron chi connectivity index (χ2n) is 7.67. The zero-order valence-electron chi connectivity index (χ0n) is 12.9. The van der Waals surface area contributed by atoms with Crippen molar-refractivity contribution in [3.63, 3.8) is 0 Å². The van der Waals surface area contributed by atoms with Gasteiger partial charge in [0.15, 0.2) is 5.79 Å². The maximum Gasteiger partial charge on any atom is 0.168 e. The van der Waals surface area contributed by atoms with Crippen molar-refractivity contribution < 1.29 is 9.47 Å². The summed E-state index contributed by atoms with van der Waals surface area (Å²) >= 11 is 0. The Labute approximate surface area is 122 Å². The van der Waals surface area contributed by atoms with Crippen LogP contribution in [0.2, 0.25) is 0 Å². The molecular weight excluding hydrogens is 252 g/mol. The molecule has 4 fully saturated rings. The van der Waals surface area contributed by atoms with Crippen molar-refractivity contribution >= 4 is 0 Å². The summed E-state index contributed by atoms with van der Waals surface area (Å²) in [5, 5.41) is 3.58. The zero-order valence-corrected chi connectivity index (χ0v) is 12.9. The molecule has 2 atom stereocenters. The van der Waals surface area contributed by atoms with E-state index >= 15 is 0 Å². The van der Waals surface area contributed by atoms with E-state index in [0.717, 1.165) is 43.9 Å². The van der Waals surface area contributed by atoms with Crippen molar-refractivity contribution in [3.8, 4) is 0 Å². The minimum absolute atomic E-state index is 0.211. The molecule has 4 heteroatoms. The Bertz CT molecular complexity index is 369. The van der Waals surface area contributed by atoms with E-state index in [1.807, 2.05) is 0 Å². The topological polar surface area (TPSA) is 33.7 Å². The van der Waals surface area contributed by atoms with E-state index < -0.39 is 0 Å². The maximum atomic E-state index is 5.87. The molecule has 0 bridgehead atoms. The van der Waals surface area contributed by atoms with E-state index in [9.17, 15) is 0 Å². The highest BCUT2D eigenvalue weighted by atomic mass is 16.7. The number of hydrogen-bond acceptors (Lipinski definition) is 4. The lowest BCUT2D eigenvalue weighted by Crippen LogP contribution is -2.52. The van der Waals surface area contributed by atoms with Gasteiger partial charge in [-0.05, 0) is 45.1 Å². The molecule has 0 aromatic heterocycles. The van der Waals surface area contributed by atoms with Crippen LogP contribution in [-0.4, -0.2) is 55.1 Å². The number of likely N-dealkylation sites (tertiary alicyclic amines) is 1. The Morgan fingerprint density at radius 1 is 1.05 bits per heavy atom. The first-order chi connectivity index (χ1) is 9.61. The molecule has 0 radical (unpaired) electrons. The van der Waals surface area contributed by atoms with E-state index in [0.29, 0.717) is 5.54 Å².